The Balaban J connectivity index is 2.04. The van der Waals surface area contributed by atoms with Crippen LogP contribution in [0.5, 0.6) is 5.75 Å². The van der Waals surface area contributed by atoms with Gasteiger partial charge >= 0.3 is 0 Å². The highest BCUT2D eigenvalue weighted by Gasteiger charge is 2.27. The number of sulfone groups is 1. The van der Waals surface area contributed by atoms with E-state index < -0.39 is 9.84 Å². The molecule has 0 unspecified atom stereocenters. The molecule has 16 heavy (non-hydrogen) atoms. The normalized spacial score (nSPS) is 22.9. The molecule has 1 aliphatic rings. The third kappa shape index (κ3) is 2.66. The van der Waals surface area contributed by atoms with Gasteiger partial charge < -0.3 is 10.1 Å². The Hall–Kier alpha value is -1.23. The first kappa shape index (κ1) is 11.3. The largest absolute Gasteiger partial charge is 0.497 e. The maximum absolute atomic E-state index is 11.3. The zero-order valence-electron chi connectivity index (χ0n) is 9.14. The van der Waals surface area contributed by atoms with Crippen LogP contribution in [0.1, 0.15) is 6.42 Å². The first-order valence-corrected chi connectivity index (χ1v) is 7.02. The molecule has 1 atom stereocenters. The Kier molecular flexibility index (Phi) is 3.05. The van der Waals surface area contributed by atoms with E-state index in [0.717, 1.165) is 11.4 Å². The number of hydrogen-bond acceptors (Lipinski definition) is 4. The smallest absolute Gasteiger partial charge is 0.152 e. The van der Waals surface area contributed by atoms with Crippen molar-refractivity contribution in [3.8, 4) is 5.75 Å². The lowest BCUT2D eigenvalue weighted by molar-refractivity contribution is 0.415. The quantitative estimate of drug-likeness (QED) is 0.866. The van der Waals surface area contributed by atoms with Gasteiger partial charge in [-0.05, 0) is 18.6 Å². The Morgan fingerprint density at radius 3 is 2.88 bits per heavy atom. The van der Waals surface area contributed by atoms with Gasteiger partial charge in [-0.1, -0.05) is 6.07 Å². The van der Waals surface area contributed by atoms with Gasteiger partial charge in [0.1, 0.15) is 5.75 Å². The van der Waals surface area contributed by atoms with Gasteiger partial charge in [0.2, 0.25) is 0 Å². The summed E-state index contributed by atoms with van der Waals surface area (Å²) >= 11 is 0. The van der Waals surface area contributed by atoms with Crippen LogP contribution in [0.2, 0.25) is 0 Å². The molecule has 0 aromatic heterocycles. The summed E-state index contributed by atoms with van der Waals surface area (Å²) in [5.74, 6) is 1.28. The summed E-state index contributed by atoms with van der Waals surface area (Å²) in [6.45, 7) is 0. The standard InChI is InChI=1S/C11H15NO3S/c1-15-11-4-2-3-9(7-11)12-10-5-6-16(13,14)8-10/h2-4,7,10,12H,5-6,8H2,1H3/t10-/m0/s1. The molecule has 0 radical (unpaired) electrons. The van der Waals surface area contributed by atoms with Crippen molar-refractivity contribution in [3.63, 3.8) is 0 Å². The molecular formula is C11H15NO3S. The van der Waals surface area contributed by atoms with Crippen molar-refractivity contribution in [2.24, 2.45) is 0 Å². The molecule has 1 N–H and O–H groups in total. The number of anilines is 1. The van der Waals surface area contributed by atoms with E-state index in [2.05, 4.69) is 5.32 Å². The maximum atomic E-state index is 11.3. The highest BCUT2D eigenvalue weighted by Crippen LogP contribution is 2.21. The van der Waals surface area contributed by atoms with Crippen molar-refractivity contribution < 1.29 is 13.2 Å². The van der Waals surface area contributed by atoms with E-state index in [-0.39, 0.29) is 17.5 Å². The van der Waals surface area contributed by atoms with Crippen LogP contribution >= 0.6 is 0 Å². The first-order valence-electron chi connectivity index (χ1n) is 5.20. The summed E-state index contributed by atoms with van der Waals surface area (Å²) in [5.41, 5.74) is 0.904. The van der Waals surface area contributed by atoms with Gasteiger partial charge in [0, 0.05) is 17.8 Å². The molecule has 1 heterocycles. The Labute approximate surface area is 95.5 Å². The predicted octanol–water partition coefficient (Wildman–Crippen LogP) is 1.29. The zero-order chi connectivity index (χ0) is 11.6. The van der Waals surface area contributed by atoms with E-state index >= 15 is 0 Å². The monoisotopic (exact) mass is 241 g/mol. The lowest BCUT2D eigenvalue weighted by Crippen LogP contribution is -2.20. The molecule has 1 aliphatic heterocycles. The third-order valence-electron chi connectivity index (χ3n) is 2.67. The van der Waals surface area contributed by atoms with E-state index in [1.165, 1.54) is 0 Å². The van der Waals surface area contributed by atoms with Crippen molar-refractivity contribution >= 4 is 15.5 Å². The van der Waals surface area contributed by atoms with Crippen LogP contribution in [0, 0.1) is 0 Å². The molecular weight excluding hydrogens is 226 g/mol. The average Bonchev–Trinajstić information content (AvgIpc) is 2.58. The number of ether oxygens (including phenoxy) is 1. The minimum atomic E-state index is -2.83. The van der Waals surface area contributed by atoms with Crippen LogP contribution in [-0.4, -0.2) is 33.1 Å². The van der Waals surface area contributed by atoms with Crippen LogP contribution in [0.25, 0.3) is 0 Å². The highest BCUT2D eigenvalue weighted by molar-refractivity contribution is 7.91. The minimum Gasteiger partial charge on any atom is -0.497 e. The molecule has 1 aromatic carbocycles. The van der Waals surface area contributed by atoms with Crippen LogP contribution in [0.3, 0.4) is 0 Å². The van der Waals surface area contributed by atoms with Gasteiger partial charge in [-0.2, -0.15) is 0 Å². The molecule has 0 spiro atoms. The predicted molar refractivity (Wildman–Crippen MR) is 63.7 cm³/mol. The second kappa shape index (κ2) is 4.33. The number of methoxy groups -OCH3 is 1. The molecule has 1 saturated heterocycles. The lowest BCUT2D eigenvalue weighted by Gasteiger charge is -2.12. The summed E-state index contributed by atoms with van der Waals surface area (Å²) in [7, 11) is -1.21. The maximum Gasteiger partial charge on any atom is 0.152 e. The van der Waals surface area contributed by atoms with Crippen LogP contribution in [0.15, 0.2) is 24.3 Å². The van der Waals surface area contributed by atoms with Gasteiger partial charge in [-0.25, -0.2) is 8.42 Å². The van der Waals surface area contributed by atoms with Gasteiger partial charge in [0.05, 0.1) is 18.6 Å². The average molecular weight is 241 g/mol. The Bertz CT molecular complexity index is 470. The summed E-state index contributed by atoms with van der Waals surface area (Å²) in [6.07, 6.45) is 0.680. The van der Waals surface area contributed by atoms with Crippen molar-refractivity contribution in [2.45, 2.75) is 12.5 Å². The van der Waals surface area contributed by atoms with Crippen LogP contribution in [0.4, 0.5) is 5.69 Å². The summed E-state index contributed by atoms with van der Waals surface area (Å²) in [4.78, 5) is 0. The van der Waals surface area contributed by atoms with Crippen molar-refractivity contribution in [2.75, 3.05) is 23.9 Å². The molecule has 0 amide bonds. The molecule has 88 valence electrons. The molecule has 0 saturated carbocycles. The second-order valence-corrected chi connectivity index (χ2v) is 6.20. The minimum absolute atomic E-state index is 0.0251. The number of hydrogen-bond donors (Lipinski definition) is 1. The Morgan fingerprint density at radius 1 is 1.44 bits per heavy atom. The van der Waals surface area contributed by atoms with E-state index in [1.54, 1.807) is 7.11 Å². The summed E-state index contributed by atoms with van der Waals surface area (Å²) in [6, 6.07) is 7.54. The molecule has 1 aromatic rings. The lowest BCUT2D eigenvalue weighted by atomic mass is 10.2. The number of rotatable bonds is 3. The molecule has 0 aliphatic carbocycles. The fourth-order valence-corrected chi connectivity index (χ4v) is 3.53. The van der Waals surface area contributed by atoms with E-state index in [1.807, 2.05) is 24.3 Å². The number of nitrogens with one attached hydrogen (secondary N) is 1. The van der Waals surface area contributed by atoms with Gasteiger partial charge in [0.25, 0.3) is 0 Å². The first-order chi connectivity index (χ1) is 7.59. The van der Waals surface area contributed by atoms with Gasteiger partial charge in [-0.3, -0.25) is 0 Å². The van der Waals surface area contributed by atoms with E-state index in [0.29, 0.717) is 6.42 Å². The summed E-state index contributed by atoms with van der Waals surface area (Å²) < 4.78 is 27.7. The number of benzene rings is 1. The molecule has 2 rings (SSSR count). The fourth-order valence-electron chi connectivity index (χ4n) is 1.86. The summed E-state index contributed by atoms with van der Waals surface area (Å²) in [5, 5.41) is 3.21. The molecule has 5 heteroatoms. The van der Waals surface area contributed by atoms with Crippen molar-refractivity contribution in [1.82, 2.24) is 0 Å². The molecule has 1 fully saturated rings. The van der Waals surface area contributed by atoms with E-state index in [9.17, 15) is 8.42 Å². The van der Waals surface area contributed by atoms with E-state index in [4.69, 9.17) is 4.74 Å². The van der Waals surface area contributed by atoms with Crippen LogP contribution in [-0.2, 0) is 9.84 Å². The SMILES string of the molecule is COc1cccc(N[C@H]2CCS(=O)(=O)C2)c1. The fraction of sp³-hybridized carbons (Fsp3) is 0.455. The topological polar surface area (TPSA) is 55.4 Å². The zero-order valence-corrected chi connectivity index (χ0v) is 9.96. The van der Waals surface area contributed by atoms with Gasteiger partial charge in [-0.15, -0.1) is 0 Å². The third-order valence-corrected chi connectivity index (χ3v) is 4.44. The van der Waals surface area contributed by atoms with Gasteiger partial charge in [0.15, 0.2) is 9.84 Å². The Morgan fingerprint density at radius 2 is 2.25 bits per heavy atom. The highest BCUT2D eigenvalue weighted by atomic mass is 32.2. The van der Waals surface area contributed by atoms with Crippen molar-refractivity contribution in [1.29, 1.82) is 0 Å². The molecule has 0 bridgehead atoms. The van der Waals surface area contributed by atoms with Crippen molar-refractivity contribution in [3.05, 3.63) is 24.3 Å². The second-order valence-electron chi connectivity index (χ2n) is 3.98. The van der Waals surface area contributed by atoms with Crippen LogP contribution < -0.4 is 10.1 Å². The molecule has 4 nitrogen and oxygen atoms in total.